The van der Waals surface area contributed by atoms with Crippen LogP contribution in [0, 0.1) is 19.3 Å². The number of alkyl carbamates (subject to hydrolysis) is 1. The lowest BCUT2D eigenvalue weighted by Crippen LogP contribution is -2.55. The van der Waals surface area contributed by atoms with E-state index in [4.69, 9.17) is 11.2 Å². The Morgan fingerprint density at radius 1 is 1.08 bits per heavy atom. The summed E-state index contributed by atoms with van der Waals surface area (Å²) in [7, 11) is 0. The average molecular weight is 510 g/mol. The molecule has 0 radical (unpaired) electrons. The molecule has 8 heteroatoms. The fourth-order valence-corrected chi connectivity index (χ4v) is 3.86. The van der Waals surface area contributed by atoms with Gasteiger partial charge in [-0.25, -0.2) is 4.79 Å². The van der Waals surface area contributed by atoms with Crippen LogP contribution in [0.25, 0.3) is 0 Å². The summed E-state index contributed by atoms with van der Waals surface area (Å²) >= 11 is 4.29. The first-order valence-corrected chi connectivity index (χ1v) is 12.4. The van der Waals surface area contributed by atoms with Crippen LogP contribution in [0.1, 0.15) is 57.4 Å². The van der Waals surface area contributed by atoms with Crippen molar-refractivity contribution < 1.29 is 19.1 Å². The zero-order valence-electron chi connectivity index (χ0n) is 21.7. The van der Waals surface area contributed by atoms with Crippen molar-refractivity contribution in [1.82, 2.24) is 10.2 Å². The van der Waals surface area contributed by atoms with Crippen molar-refractivity contribution in [3.05, 3.63) is 65.2 Å². The van der Waals surface area contributed by atoms with Crippen LogP contribution in [0.2, 0.25) is 0 Å². The number of thiol groups is 1. The number of nitrogens with one attached hydrogen (secondary N) is 2. The molecule has 2 aromatic rings. The van der Waals surface area contributed by atoms with Crippen LogP contribution in [-0.2, 0) is 14.3 Å². The standard InChI is InChI=1S/C28H35N3O4S/c1-8-20-13-15-21(16-14-20)24(25(32)29-22-12-10-9-11-19(22)4)31(18(2)3)26(33)23(17-36)30-27(34)35-28(5,6)7/h1,9-16,18,23-24,36H,17H2,2-7H3,(H,29,32)(H,30,34). The quantitative estimate of drug-likeness (QED) is 0.355. The Labute approximate surface area is 219 Å². The molecule has 192 valence electrons. The number of aryl methyl sites for hydroxylation is 1. The maximum Gasteiger partial charge on any atom is 0.408 e. The van der Waals surface area contributed by atoms with Gasteiger partial charge in [0.1, 0.15) is 17.7 Å². The van der Waals surface area contributed by atoms with Gasteiger partial charge in [-0.3, -0.25) is 9.59 Å². The second kappa shape index (κ2) is 12.5. The summed E-state index contributed by atoms with van der Waals surface area (Å²) < 4.78 is 5.32. The van der Waals surface area contributed by atoms with Gasteiger partial charge in [-0.15, -0.1) is 6.42 Å². The molecule has 2 unspecified atom stereocenters. The Hall–Kier alpha value is -3.44. The predicted molar refractivity (Wildman–Crippen MR) is 146 cm³/mol. The van der Waals surface area contributed by atoms with Crippen molar-refractivity contribution >= 4 is 36.2 Å². The molecule has 0 aliphatic heterocycles. The van der Waals surface area contributed by atoms with E-state index >= 15 is 0 Å². The molecule has 0 aromatic heterocycles. The third-order valence-corrected chi connectivity index (χ3v) is 5.67. The predicted octanol–water partition coefficient (Wildman–Crippen LogP) is 4.72. The first-order valence-electron chi connectivity index (χ1n) is 11.7. The third-order valence-electron chi connectivity index (χ3n) is 5.31. The number of hydrogen-bond donors (Lipinski definition) is 3. The number of hydrogen-bond acceptors (Lipinski definition) is 5. The number of benzene rings is 2. The molecule has 0 saturated carbocycles. The molecule has 0 bridgehead atoms. The van der Waals surface area contributed by atoms with Crippen LogP contribution < -0.4 is 10.6 Å². The maximum atomic E-state index is 13.8. The minimum absolute atomic E-state index is 0.0173. The number of nitrogens with zero attached hydrogens (tertiary/aromatic N) is 1. The lowest BCUT2D eigenvalue weighted by atomic mass is 9.99. The van der Waals surface area contributed by atoms with Gasteiger partial charge >= 0.3 is 6.09 Å². The van der Waals surface area contributed by atoms with Crippen LogP contribution in [0.5, 0.6) is 0 Å². The monoisotopic (exact) mass is 509 g/mol. The van der Waals surface area contributed by atoms with Crippen LogP contribution in [-0.4, -0.2) is 46.2 Å². The van der Waals surface area contributed by atoms with Gasteiger partial charge < -0.3 is 20.3 Å². The number of rotatable bonds is 8. The molecule has 3 amide bonds. The highest BCUT2D eigenvalue weighted by Gasteiger charge is 2.37. The number of amides is 3. The summed E-state index contributed by atoms with van der Waals surface area (Å²) in [6.45, 7) is 10.7. The molecule has 36 heavy (non-hydrogen) atoms. The number of ether oxygens (including phenoxy) is 1. The van der Waals surface area contributed by atoms with Crippen molar-refractivity contribution in [3.63, 3.8) is 0 Å². The Bertz CT molecular complexity index is 1120. The third kappa shape index (κ3) is 7.79. The smallest absolute Gasteiger partial charge is 0.408 e. The van der Waals surface area contributed by atoms with Crippen molar-refractivity contribution in [2.75, 3.05) is 11.1 Å². The molecule has 2 aromatic carbocycles. The zero-order valence-corrected chi connectivity index (χ0v) is 22.6. The van der Waals surface area contributed by atoms with Crippen LogP contribution in [0.15, 0.2) is 48.5 Å². The van der Waals surface area contributed by atoms with Crippen LogP contribution >= 0.6 is 12.6 Å². The number of anilines is 1. The highest BCUT2D eigenvalue weighted by Crippen LogP contribution is 2.27. The van der Waals surface area contributed by atoms with E-state index < -0.39 is 35.6 Å². The van der Waals surface area contributed by atoms with Gasteiger partial charge in [0.05, 0.1) is 0 Å². The number of terminal acetylenes is 1. The molecular weight excluding hydrogens is 474 g/mol. The summed E-state index contributed by atoms with van der Waals surface area (Å²) in [5.74, 6) is 1.72. The van der Waals surface area contributed by atoms with Crippen LogP contribution in [0.4, 0.5) is 10.5 Å². The van der Waals surface area contributed by atoms with E-state index in [0.29, 0.717) is 16.8 Å². The second-order valence-electron chi connectivity index (χ2n) is 9.69. The van der Waals surface area contributed by atoms with E-state index in [1.807, 2.05) is 39.0 Å². The summed E-state index contributed by atoms with van der Waals surface area (Å²) in [6, 6.07) is 11.9. The van der Waals surface area contributed by atoms with Gasteiger partial charge in [0.25, 0.3) is 5.91 Å². The fourth-order valence-electron chi connectivity index (χ4n) is 3.61. The van der Waals surface area contributed by atoms with Gasteiger partial charge in [-0.2, -0.15) is 12.6 Å². The topological polar surface area (TPSA) is 87.7 Å². The van der Waals surface area contributed by atoms with E-state index in [1.54, 1.807) is 51.1 Å². The van der Waals surface area contributed by atoms with Gasteiger partial charge in [0.15, 0.2) is 0 Å². The van der Waals surface area contributed by atoms with Crippen molar-refractivity contribution in [1.29, 1.82) is 0 Å². The molecule has 0 spiro atoms. The highest BCUT2D eigenvalue weighted by molar-refractivity contribution is 7.80. The molecule has 0 aliphatic carbocycles. The van der Waals surface area contributed by atoms with E-state index in [0.717, 1.165) is 5.56 Å². The first-order chi connectivity index (χ1) is 16.9. The molecule has 2 rings (SSSR count). The molecule has 7 nitrogen and oxygen atoms in total. The first kappa shape index (κ1) is 28.8. The Kier molecular flexibility index (Phi) is 10.00. The molecule has 2 N–H and O–H groups in total. The van der Waals surface area contributed by atoms with Crippen molar-refractivity contribution in [3.8, 4) is 12.3 Å². The Morgan fingerprint density at radius 3 is 2.19 bits per heavy atom. The van der Waals surface area contributed by atoms with E-state index in [1.165, 1.54) is 4.90 Å². The minimum atomic E-state index is -1.01. The molecule has 0 fully saturated rings. The molecule has 0 saturated heterocycles. The Balaban J connectivity index is 2.48. The normalized spacial score (nSPS) is 12.8. The number of carbonyl (C=O) groups excluding carboxylic acids is 3. The van der Waals surface area contributed by atoms with E-state index in [2.05, 4.69) is 29.2 Å². The second-order valence-corrected chi connectivity index (χ2v) is 10.1. The molecule has 2 atom stereocenters. The molecule has 0 heterocycles. The highest BCUT2D eigenvalue weighted by atomic mass is 32.1. The largest absolute Gasteiger partial charge is 0.444 e. The average Bonchev–Trinajstić information content (AvgIpc) is 2.80. The maximum absolute atomic E-state index is 13.8. The van der Waals surface area contributed by atoms with Gasteiger partial charge in [0, 0.05) is 23.0 Å². The zero-order chi connectivity index (χ0) is 27.0. The van der Waals surface area contributed by atoms with Gasteiger partial charge in [-0.05, 0) is 70.9 Å². The van der Waals surface area contributed by atoms with Gasteiger partial charge in [0.2, 0.25) is 5.91 Å². The van der Waals surface area contributed by atoms with E-state index in [-0.39, 0.29) is 11.8 Å². The lowest BCUT2D eigenvalue weighted by Gasteiger charge is -2.37. The van der Waals surface area contributed by atoms with Gasteiger partial charge in [-0.1, -0.05) is 36.3 Å². The lowest BCUT2D eigenvalue weighted by molar-refractivity contribution is -0.142. The van der Waals surface area contributed by atoms with Crippen molar-refractivity contribution in [2.24, 2.45) is 0 Å². The minimum Gasteiger partial charge on any atom is -0.444 e. The fraction of sp³-hybridized carbons (Fsp3) is 0.393. The number of carbonyl (C=O) groups is 3. The van der Waals surface area contributed by atoms with E-state index in [9.17, 15) is 14.4 Å². The summed E-state index contributed by atoms with van der Waals surface area (Å²) in [6.07, 6.45) is 4.77. The molecular formula is C28H35N3O4S. The summed E-state index contributed by atoms with van der Waals surface area (Å²) in [5.41, 5.74) is 2.02. The summed E-state index contributed by atoms with van der Waals surface area (Å²) in [5, 5.41) is 5.55. The number of para-hydroxylation sites is 1. The SMILES string of the molecule is C#Cc1ccc(C(C(=O)Nc2ccccc2C)N(C(=O)C(CS)NC(=O)OC(C)(C)C)C(C)C)cc1. The van der Waals surface area contributed by atoms with Crippen LogP contribution in [0.3, 0.4) is 0 Å². The summed E-state index contributed by atoms with van der Waals surface area (Å²) in [4.78, 5) is 41.4. The van der Waals surface area contributed by atoms with Crippen molar-refractivity contribution in [2.45, 2.75) is 65.3 Å². The molecule has 0 aliphatic rings. The Morgan fingerprint density at radius 2 is 1.69 bits per heavy atom.